The highest BCUT2D eigenvalue weighted by Crippen LogP contribution is 2.26. The van der Waals surface area contributed by atoms with E-state index in [1.54, 1.807) is 0 Å². The van der Waals surface area contributed by atoms with E-state index in [0.29, 0.717) is 0 Å². The molecule has 0 saturated carbocycles. The molecule has 0 radical (unpaired) electrons. The van der Waals surface area contributed by atoms with E-state index in [1.807, 2.05) is 14.1 Å². The van der Waals surface area contributed by atoms with Gasteiger partial charge in [-0.2, -0.15) is 0 Å². The van der Waals surface area contributed by atoms with Crippen LogP contribution in [0.1, 0.15) is 13.3 Å². The Morgan fingerprint density at radius 3 is 2.44 bits per heavy atom. The number of nitrogens with one attached hydrogen (secondary N) is 2. The van der Waals surface area contributed by atoms with Gasteiger partial charge >= 0.3 is 0 Å². The van der Waals surface area contributed by atoms with Gasteiger partial charge in [0.2, 0.25) is 0 Å². The largest absolute Gasteiger partial charge is 0.392 e. The number of rotatable bonds is 2. The molecule has 0 spiro atoms. The first-order valence-corrected chi connectivity index (χ1v) is 3.28. The van der Waals surface area contributed by atoms with Crippen LogP contribution in [0.15, 0.2) is 11.8 Å². The molecule has 1 aliphatic carbocycles. The second-order valence-electron chi connectivity index (χ2n) is 2.76. The summed E-state index contributed by atoms with van der Waals surface area (Å²) in [6.07, 6.45) is 3.34. The van der Waals surface area contributed by atoms with Crippen LogP contribution in [0.4, 0.5) is 0 Å². The molecule has 2 N–H and O–H groups in total. The first kappa shape index (κ1) is 6.62. The Balaban J connectivity index is 2.48. The van der Waals surface area contributed by atoms with Crippen LogP contribution in [0.5, 0.6) is 0 Å². The summed E-state index contributed by atoms with van der Waals surface area (Å²) in [6.45, 7) is 2.19. The zero-order valence-electron chi connectivity index (χ0n) is 6.28. The predicted octanol–water partition coefficient (Wildman–Crippen LogP) is 0.471. The van der Waals surface area contributed by atoms with E-state index in [4.69, 9.17) is 0 Å². The highest BCUT2D eigenvalue weighted by molar-refractivity contribution is 5.25. The van der Waals surface area contributed by atoms with Gasteiger partial charge in [-0.3, -0.25) is 0 Å². The molecule has 0 fully saturated rings. The van der Waals surface area contributed by atoms with Crippen molar-refractivity contribution in [2.75, 3.05) is 14.1 Å². The monoisotopic (exact) mass is 126 g/mol. The Kier molecular flexibility index (Phi) is 1.49. The van der Waals surface area contributed by atoms with Crippen molar-refractivity contribution in [2.24, 2.45) is 0 Å². The fourth-order valence-electron chi connectivity index (χ4n) is 1.07. The Morgan fingerprint density at radius 2 is 2.11 bits per heavy atom. The normalized spacial score (nSPS) is 33.0. The molecule has 1 aliphatic rings. The molecule has 0 amide bonds. The van der Waals surface area contributed by atoms with Gasteiger partial charge in [-0.25, -0.2) is 0 Å². The fourth-order valence-corrected chi connectivity index (χ4v) is 1.07. The minimum absolute atomic E-state index is 0.262. The standard InChI is InChI=1S/C7H14N2/c1-7(9-3)4-6(5-7)8-2/h4,8-9H,5H2,1-3H3. The molecule has 52 valence electrons. The van der Waals surface area contributed by atoms with Gasteiger partial charge in [-0.1, -0.05) is 0 Å². The lowest BCUT2D eigenvalue weighted by Crippen LogP contribution is -2.46. The smallest absolute Gasteiger partial charge is 0.0407 e. The first-order valence-electron chi connectivity index (χ1n) is 3.28. The van der Waals surface area contributed by atoms with Crippen molar-refractivity contribution in [1.29, 1.82) is 0 Å². The van der Waals surface area contributed by atoms with Crippen LogP contribution in [0, 0.1) is 0 Å². The van der Waals surface area contributed by atoms with Crippen molar-refractivity contribution >= 4 is 0 Å². The zero-order valence-corrected chi connectivity index (χ0v) is 6.28. The summed E-state index contributed by atoms with van der Waals surface area (Å²) >= 11 is 0. The van der Waals surface area contributed by atoms with E-state index in [0.717, 1.165) is 6.42 Å². The third-order valence-electron chi connectivity index (χ3n) is 1.94. The Bertz CT molecular complexity index is 140. The first-order chi connectivity index (χ1) is 4.20. The third kappa shape index (κ3) is 1.08. The second kappa shape index (κ2) is 2.03. The van der Waals surface area contributed by atoms with Crippen LogP contribution in [0.25, 0.3) is 0 Å². The molecule has 2 nitrogen and oxygen atoms in total. The second-order valence-corrected chi connectivity index (χ2v) is 2.76. The molecule has 9 heavy (non-hydrogen) atoms. The molecular weight excluding hydrogens is 112 g/mol. The summed E-state index contributed by atoms with van der Waals surface area (Å²) in [7, 11) is 3.95. The number of hydrogen-bond donors (Lipinski definition) is 2. The Hall–Kier alpha value is -0.500. The average molecular weight is 126 g/mol. The van der Waals surface area contributed by atoms with Gasteiger partial charge in [-0.15, -0.1) is 0 Å². The molecule has 2 heteroatoms. The molecule has 0 aromatic carbocycles. The minimum atomic E-state index is 0.262. The molecule has 0 aromatic rings. The maximum atomic E-state index is 3.23. The molecule has 0 aliphatic heterocycles. The van der Waals surface area contributed by atoms with Gasteiger partial charge in [0.15, 0.2) is 0 Å². The molecule has 1 atom stereocenters. The molecule has 0 bridgehead atoms. The van der Waals surface area contributed by atoms with Crippen LogP contribution in [0.3, 0.4) is 0 Å². The van der Waals surface area contributed by atoms with Gasteiger partial charge < -0.3 is 10.6 Å². The Morgan fingerprint density at radius 1 is 1.56 bits per heavy atom. The quantitative estimate of drug-likeness (QED) is 0.562. The van der Waals surface area contributed by atoms with Gasteiger partial charge in [0, 0.05) is 24.7 Å². The minimum Gasteiger partial charge on any atom is -0.392 e. The van der Waals surface area contributed by atoms with Crippen LogP contribution in [0.2, 0.25) is 0 Å². The van der Waals surface area contributed by atoms with E-state index in [1.165, 1.54) is 5.70 Å². The predicted molar refractivity (Wildman–Crippen MR) is 39.2 cm³/mol. The molecule has 1 rings (SSSR count). The van der Waals surface area contributed by atoms with Crippen LogP contribution < -0.4 is 10.6 Å². The summed E-state index contributed by atoms with van der Waals surface area (Å²) in [5.41, 5.74) is 1.60. The topological polar surface area (TPSA) is 24.1 Å². The molecule has 1 unspecified atom stereocenters. The molecule has 0 aromatic heterocycles. The summed E-state index contributed by atoms with van der Waals surface area (Å²) in [5, 5.41) is 6.34. The van der Waals surface area contributed by atoms with Crippen LogP contribution >= 0.6 is 0 Å². The van der Waals surface area contributed by atoms with E-state index in [2.05, 4.69) is 23.6 Å². The van der Waals surface area contributed by atoms with Crippen molar-refractivity contribution in [3.8, 4) is 0 Å². The number of hydrogen-bond acceptors (Lipinski definition) is 2. The van der Waals surface area contributed by atoms with Crippen LogP contribution in [-0.4, -0.2) is 19.6 Å². The van der Waals surface area contributed by atoms with E-state index >= 15 is 0 Å². The van der Waals surface area contributed by atoms with Crippen molar-refractivity contribution in [1.82, 2.24) is 10.6 Å². The van der Waals surface area contributed by atoms with E-state index in [9.17, 15) is 0 Å². The number of likely N-dealkylation sites (N-methyl/N-ethyl adjacent to an activating group) is 1. The lowest BCUT2D eigenvalue weighted by atomic mass is 9.84. The van der Waals surface area contributed by atoms with Crippen molar-refractivity contribution < 1.29 is 0 Å². The maximum Gasteiger partial charge on any atom is 0.0407 e. The lowest BCUT2D eigenvalue weighted by molar-refractivity contribution is 0.413. The van der Waals surface area contributed by atoms with Gasteiger partial charge in [-0.05, 0) is 20.0 Å². The van der Waals surface area contributed by atoms with Crippen molar-refractivity contribution in [2.45, 2.75) is 18.9 Å². The van der Waals surface area contributed by atoms with Crippen molar-refractivity contribution in [3.05, 3.63) is 11.8 Å². The molecule has 0 heterocycles. The molecular formula is C7H14N2. The highest BCUT2D eigenvalue weighted by atomic mass is 15.0. The van der Waals surface area contributed by atoms with Gasteiger partial charge in [0.1, 0.15) is 0 Å². The molecule has 0 saturated heterocycles. The van der Waals surface area contributed by atoms with Gasteiger partial charge in [0.05, 0.1) is 0 Å². The summed E-state index contributed by atoms with van der Waals surface area (Å²) in [6, 6.07) is 0. The van der Waals surface area contributed by atoms with Crippen LogP contribution in [-0.2, 0) is 0 Å². The summed E-state index contributed by atoms with van der Waals surface area (Å²) < 4.78 is 0. The van der Waals surface area contributed by atoms with Gasteiger partial charge in [0.25, 0.3) is 0 Å². The third-order valence-corrected chi connectivity index (χ3v) is 1.94. The highest BCUT2D eigenvalue weighted by Gasteiger charge is 2.28. The van der Waals surface area contributed by atoms with Crippen molar-refractivity contribution in [3.63, 3.8) is 0 Å². The lowest BCUT2D eigenvalue weighted by Gasteiger charge is -2.36. The maximum absolute atomic E-state index is 3.23. The fraction of sp³-hybridized carbons (Fsp3) is 0.714. The average Bonchev–Trinajstić information content (AvgIpc) is 1.81. The summed E-state index contributed by atoms with van der Waals surface area (Å²) in [5.74, 6) is 0. The Labute approximate surface area is 56.3 Å². The van der Waals surface area contributed by atoms with E-state index in [-0.39, 0.29) is 5.54 Å². The SMILES string of the molecule is CNC1=CC(C)(NC)C1. The summed E-state index contributed by atoms with van der Waals surface area (Å²) in [4.78, 5) is 0. The zero-order chi connectivity index (χ0) is 6.91. The van der Waals surface area contributed by atoms with E-state index < -0.39 is 0 Å².